The first-order valence-electron chi connectivity index (χ1n) is 5.85. The number of hydrogen-bond acceptors (Lipinski definition) is 5. The predicted molar refractivity (Wildman–Crippen MR) is 66.1 cm³/mol. The van der Waals surface area contributed by atoms with E-state index in [4.69, 9.17) is 0 Å². The van der Waals surface area contributed by atoms with E-state index in [0.29, 0.717) is 0 Å². The molecule has 1 fully saturated rings. The van der Waals surface area contributed by atoms with Crippen LogP contribution in [0.5, 0.6) is 0 Å². The number of fused-ring (bicyclic) bond motifs is 1. The fourth-order valence-electron chi connectivity index (χ4n) is 2.19. The smallest absolute Gasteiger partial charge is 0.160 e. The van der Waals surface area contributed by atoms with Gasteiger partial charge in [-0.25, -0.2) is 9.97 Å². The highest BCUT2D eigenvalue weighted by atomic mass is 15.3. The van der Waals surface area contributed by atoms with Gasteiger partial charge in [-0.1, -0.05) is 0 Å². The largest absolute Gasteiger partial charge is 0.352 e. The molecular formula is C11H16N6. The number of hydrogen-bond donors (Lipinski definition) is 1. The van der Waals surface area contributed by atoms with Crippen LogP contribution in [-0.4, -0.2) is 58.3 Å². The van der Waals surface area contributed by atoms with Crippen LogP contribution in [0.1, 0.15) is 5.69 Å². The molecule has 0 aromatic carbocycles. The number of nitrogens with zero attached hydrogens (tertiary/aromatic N) is 5. The molecule has 1 aliphatic heterocycles. The molecule has 90 valence electrons. The number of aromatic nitrogens is 4. The van der Waals surface area contributed by atoms with Gasteiger partial charge in [-0.3, -0.25) is 5.10 Å². The van der Waals surface area contributed by atoms with E-state index in [9.17, 15) is 0 Å². The number of likely N-dealkylation sites (N-methyl/N-ethyl adjacent to an activating group) is 1. The number of H-pyrrole nitrogens is 1. The van der Waals surface area contributed by atoms with E-state index in [1.54, 1.807) is 6.33 Å². The fraction of sp³-hybridized carbons (Fsp3) is 0.545. The molecule has 0 saturated carbocycles. The van der Waals surface area contributed by atoms with Gasteiger partial charge in [0.05, 0.1) is 5.69 Å². The summed E-state index contributed by atoms with van der Waals surface area (Å²) < 4.78 is 0. The average Bonchev–Trinajstić information content (AvgIpc) is 2.73. The van der Waals surface area contributed by atoms with Gasteiger partial charge in [-0.15, -0.1) is 0 Å². The summed E-state index contributed by atoms with van der Waals surface area (Å²) in [5, 5.41) is 7.28. The van der Waals surface area contributed by atoms with Gasteiger partial charge in [0, 0.05) is 26.2 Å². The molecule has 0 unspecified atom stereocenters. The van der Waals surface area contributed by atoms with Crippen molar-refractivity contribution in [1.29, 1.82) is 0 Å². The predicted octanol–water partition coefficient (Wildman–Crippen LogP) is 0.413. The Morgan fingerprint density at radius 2 is 1.88 bits per heavy atom. The standard InChI is InChI=1S/C11H16N6/c1-8-9-10(15-14-8)11(13-7-12-9)17-5-3-16(2)4-6-17/h7H,3-6H2,1-2H3,(H,14,15). The van der Waals surface area contributed by atoms with E-state index in [0.717, 1.165) is 48.7 Å². The van der Waals surface area contributed by atoms with Gasteiger partial charge in [0.2, 0.25) is 0 Å². The van der Waals surface area contributed by atoms with E-state index in [1.165, 1.54) is 0 Å². The fourth-order valence-corrected chi connectivity index (χ4v) is 2.19. The monoisotopic (exact) mass is 232 g/mol. The maximum absolute atomic E-state index is 4.38. The maximum atomic E-state index is 4.38. The van der Waals surface area contributed by atoms with Gasteiger partial charge >= 0.3 is 0 Å². The van der Waals surface area contributed by atoms with Gasteiger partial charge in [-0.2, -0.15) is 5.10 Å². The summed E-state index contributed by atoms with van der Waals surface area (Å²) in [4.78, 5) is 13.3. The minimum Gasteiger partial charge on any atom is -0.352 e. The molecule has 2 aromatic rings. The van der Waals surface area contributed by atoms with Gasteiger partial charge in [0.1, 0.15) is 11.8 Å². The Bertz CT molecular complexity index is 526. The highest BCUT2D eigenvalue weighted by Gasteiger charge is 2.19. The van der Waals surface area contributed by atoms with Crippen molar-refractivity contribution in [3.05, 3.63) is 12.0 Å². The zero-order valence-electron chi connectivity index (χ0n) is 10.1. The zero-order valence-corrected chi connectivity index (χ0v) is 10.1. The summed E-state index contributed by atoms with van der Waals surface area (Å²) in [5.41, 5.74) is 2.81. The first-order valence-corrected chi connectivity index (χ1v) is 5.85. The second kappa shape index (κ2) is 3.96. The lowest BCUT2D eigenvalue weighted by atomic mass is 10.3. The topological polar surface area (TPSA) is 60.9 Å². The molecule has 0 aliphatic carbocycles. The van der Waals surface area contributed by atoms with Crippen molar-refractivity contribution in [3.63, 3.8) is 0 Å². The lowest BCUT2D eigenvalue weighted by molar-refractivity contribution is 0.312. The molecule has 17 heavy (non-hydrogen) atoms. The Labute approximate surface area is 99.7 Å². The van der Waals surface area contributed by atoms with E-state index in [2.05, 4.69) is 37.0 Å². The van der Waals surface area contributed by atoms with E-state index in [-0.39, 0.29) is 0 Å². The third-order valence-corrected chi connectivity index (χ3v) is 3.30. The quantitative estimate of drug-likeness (QED) is 0.772. The molecule has 3 rings (SSSR count). The Morgan fingerprint density at radius 3 is 2.65 bits per heavy atom. The average molecular weight is 232 g/mol. The number of aromatic amines is 1. The van der Waals surface area contributed by atoms with Crippen LogP contribution in [0.4, 0.5) is 5.82 Å². The van der Waals surface area contributed by atoms with Crippen molar-refractivity contribution in [1.82, 2.24) is 25.1 Å². The first-order chi connectivity index (χ1) is 8.25. The molecule has 3 heterocycles. The number of piperazine rings is 1. The zero-order chi connectivity index (χ0) is 11.8. The summed E-state index contributed by atoms with van der Waals surface area (Å²) in [7, 11) is 2.14. The number of aryl methyl sites for hydroxylation is 1. The molecule has 1 saturated heterocycles. The molecule has 2 aromatic heterocycles. The van der Waals surface area contributed by atoms with E-state index >= 15 is 0 Å². The third kappa shape index (κ3) is 1.74. The lowest BCUT2D eigenvalue weighted by Gasteiger charge is -2.33. The number of anilines is 1. The Hall–Kier alpha value is -1.69. The molecule has 0 atom stereocenters. The third-order valence-electron chi connectivity index (χ3n) is 3.30. The van der Waals surface area contributed by atoms with Gasteiger partial charge in [0.25, 0.3) is 0 Å². The molecule has 0 bridgehead atoms. The Morgan fingerprint density at radius 1 is 1.12 bits per heavy atom. The summed E-state index contributed by atoms with van der Waals surface area (Å²) in [6.45, 7) is 6.10. The number of nitrogens with one attached hydrogen (secondary N) is 1. The highest BCUT2D eigenvalue weighted by Crippen LogP contribution is 2.22. The molecule has 0 amide bonds. The van der Waals surface area contributed by atoms with E-state index in [1.807, 2.05) is 6.92 Å². The van der Waals surface area contributed by atoms with Crippen LogP contribution >= 0.6 is 0 Å². The highest BCUT2D eigenvalue weighted by molar-refractivity contribution is 5.86. The summed E-state index contributed by atoms with van der Waals surface area (Å²) >= 11 is 0. The molecule has 0 spiro atoms. The summed E-state index contributed by atoms with van der Waals surface area (Å²) in [6, 6.07) is 0. The van der Waals surface area contributed by atoms with Crippen LogP contribution in [0.15, 0.2) is 6.33 Å². The van der Waals surface area contributed by atoms with Crippen molar-refractivity contribution in [3.8, 4) is 0 Å². The van der Waals surface area contributed by atoms with Crippen LogP contribution in [0.3, 0.4) is 0 Å². The van der Waals surface area contributed by atoms with Crippen molar-refractivity contribution < 1.29 is 0 Å². The van der Waals surface area contributed by atoms with Crippen molar-refractivity contribution in [2.45, 2.75) is 6.92 Å². The van der Waals surface area contributed by atoms with Crippen molar-refractivity contribution in [2.75, 3.05) is 38.1 Å². The Balaban J connectivity index is 2.00. The molecule has 1 aliphatic rings. The van der Waals surface area contributed by atoms with E-state index < -0.39 is 0 Å². The second-order valence-corrected chi connectivity index (χ2v) is 4.53. The van der Waals surface area contributed by atoms with Crippen molar-refractivity contribution >= 4 is 16.9 Å². The molecule has 1 N–H and O–H groups in total. The normalized spacial score (nSPS) is 17.9. The van der Waals surface area contributed by atoms with Crippen LogP contribution in [0.2, 0.25) is 0 Å². The SMILES string of the molecule is Cc1[nH]nc2c(N3CCN(C)CC3)ncnc12. The molecule has 6 heteroatoms. The molecule has 0 radical (unpaired) electrons. The van der Waals surface area contributed by atoms with Crippen LogP contribution in [0.25, 0.3) is 11.0 Å². The lowest BCUT2D eigenvalue weighted by Crippen LogP contribution is -2.44. The van der Waals surface area contributed by atoms with Crippen LogP contribution < -0.4 is 4.90 Å². The minimum atomic E-state index is 0.884. The molecule has 6 nitrogen and oxygen atoms in total. The molecular weight excluding hydrogens is 216 g/mol. The first kappa shape index (κ1) is 10.5. The summed E-state index contributed by atoms with van der Waals surface area (Å²) in [5.74, 6) is 0.951. The summed E-state index contributed by atoms with van der Waals surface area (Å²) in [6.07, 6.45) is 1.62. The maximum Gasteiger partial charge on any atom is 0.160 e. The van der Waals surface area contributed by atoms with Crippen molar-refractivity contribution in [2.24, 2.45) is 0 Å². The van der Waals surface area contributed by atoms with Gasteiger partial charge < -0.3 is 9.80 Å². The Kier molecular flexibility index (Phi) is 2.44. The van der Waals surface area contributed by atoms with Gasteiger partial charge in [0.15, 0.2) is 11.3 Å². The van der Waals surface area contributed by atoms with Crippen LogP contribution in [-0.2, 0) is 0 Å². The van der Waals surface area contributed by atoms with Gasteiger partial charge in [-0.05, 0) is 14.0 Å². The number of rotatable bonds is 1. The van der Waals surface area contributed by atoms with Crippen LogP contribution in [0, 0.1) is 6.92 Å². The minimum absolute atomic E-state index is 0.884. The second-order valence-electron chi connectivity index (χ2n) is 4.53.